The molecule has 0 radical (unpaired) electrons. The van der Waals surface area contributed by atoms with Crippen LogP contribution in [0.5, 0.6) is 0 Å². The first kappa shape index (κ1) is 13.4. The van der Waals surface area contributed by atoms with Crippen molar-refractivity contribution in [3.05, 3.63) is 29.8 Å². The quantitative estimate of drug-likeness (QED) is 0.824. The molecule has 0 heterocycles. The molecule has 1 aliphatic carbocycles. The monoisotopic (exact) mass is 265 g/mol. The van der Waals surface area contributed by atoms with Crippen molar-refractivity contribution in [1.82, 2.24) is 5.32 Å². The SMILES string of the molecule is CSc1ccc(C(=O)NC2CC(O)C2(C)C)cc1. The summed E-state index contributed by atoms with van der Waals surface area (Å²) in [5.74, 6) is -0.0624. The van der Waals surface area contributed by atoms with E-state index in [-0.39, 0.29) is 23.5 Å². The zero-order valence-electron chi connectivity index (χ0n) is 10.9. The lowest BCUT2D eigenvalue weighted by Crippen LogP contribution is -2.61. The summed E-state index contributed by atoms with van der Waals surface area (Å²) < 4.78 is 0. The van der Waals surface area contributed by atoms with Gasteiger partial charge in [0.25, 0.3) is 5.91 Å². The maximum Gasteiger partial charge on any atom is 0.251 e. The molecule has 3 nitrogen and oxygen atoms in total. The number of nitrogens with one attached hydrogen (secondary N) is 1. The number of aliphatic hydroxyl groups is 1. The molecule has 18 heavy (non-hydrogen) atoms. The van der Waals surface area contributed by atoms with E-state index in [0.717, 1.165) is 4.90 Å². The minimum atomic E-state index is -0.318. The molecule has 0 bridgehead atoms. The number of hydrogen-bond donors (Lipinski definition) is 2. The summed E-state index contributed by atoms with van der Waals surface area (Å²) >= 11 is 1.65. The molecule has 1 fully saturated rings. The van der Waals surface area contributed by atoms with Gasteiger partial charge in [-0.2, -0.15) is 0 Å². The number of aliphatic hydroxyl groups excluding tert-OH is 1. The van der Waals surface area contributed by atoms with Crippen molar-refractivity contribution in [1.29, 1.82) is 0 Å². The summed E-state index contributed by atoms with van der Waals surface area (Å²) in [6, 6.07) is 7.62. The van der Waals surface area contributed by atoms with Crippen LogP contribution < -0.4 is 5.32 Å². The van der Waals surface area contributed by atoms with Crippen LogP contribution in [0.3, 0.4) is 0 Å². The van der Waals surface area contributed by atoms with Gasteiger partial charge in [-0.1, -0.05) is 13.8 Å². The summed E-state index contributed by atoms with van der Waals surface area (Å²) in [5.41, 5.74) is 0.444. The van der Waals surface area contributed by atoms with E-state index in [4.69, 9.17) is 0 Å². The van der Waals surface area contributed by atoms with E-state index in [9.17, 15) is 9.90 Å². The van der Waals surface area contributed by atoms with E-state index in [2.05, 4.69) is 5.32 Å². The van der Waals surface area contributed by atoms with Gasteiger partial charge in [-0.05, 0) is 36.9 Å². The molecule has 2 N–H and O–H groups in total. The lowest BCUT2D eigenvalue weighted by atomic mass is 9.64. The maximum absolute atomic E-state index is 12.0. The molecule has 0 saturated heterocycles. The van der Waals surface area contributed by atoms with Crippen molar-refractivity contribution in [2.45, 2.75) is 37.3 Å². The lowest BCUT2D eigenvalue weighted by molar-refractivity contribution is -0.0689. The molecule has 1 aromatic rings. The molecule has 2 unspecified atom stereocenters. The van der Waals surface area contributed by atoms with Crippen LogP contribution in [0.2, 0.25) is 0 Å². The van der Waals surface area contributed by atoms with Gasteiger partial charge in [0.1, 0.15) is 0 Å². The highest BCUT2D eigenvalue weighted by molar-refractivity contribution is 7.98. The first-order chi connectivity index (χ1) is 8.45. The summed E-state index contributed by atoms with van der Waals surface area (Å²) in [4.78, 5) is 13.2. The molecule has 1 amide bonds. The first-order valence-electron chi connectivity index (χ1n) is 6.08. The lowest BCUT2D eigenvalue weighted by Gasteiger charge is -2.49. The minimum absolute atomic E-state index is 0.0558. The van der Waals surface area contributed by atoms with Crippen molar-refractivity contribution in [3.8, 4) is 0 Å². The van der Waals surface area contributed by atoms with Gasteiger partial charge in [-0.3, -0.25) is 4.79 Å². The molecule has 1 saturated carbocycles. The zero-order valence-corrected chi connectivity index (χ0v) is 11.8. The smallest absolute Gasteiger partial charge is 0.251 e. The Hall–Kier alpha value is -1.00. The van der Waals surface area contributed by atoms with Gasteiger partial charge in [-0.15, -0.1) is 11.8 Å². The average Bonchev–Trinajstić information content (AvgIpc) is 2.38. The van der Waals surface area contributed by atoms with Crippen LogP contribution >= 0.6 is 11.8 Å². The number of carbonyl (C=O) groups excluding carboxylic acids is 1. The Kier molecular flexibility index (Phi) is 3.69. The maximum atomic E-state index is 12.0. The van der Waals surface area contributed by atoms with Crippen LogP contribution in [0.4, 0.5) is 0 Å². The molecule has 2 rings (SSSR count). The van der Waals surface area contributed by atoms with E-state index in [0.29, 0.717) is 12.0 Å². The fourth-order valence-corrected chi connectivity index (χ4v) is 2.54. The zero-order chi connectivity index (χ0) is 13.3. The van der Waals surface area contributed by atoms with Gasteiger partial charge in [-0.25, -0.2) is 0 Å². The predicted molar refractivity (Wildman–Crippen MR) is 73.9 cm³/mol. The van der Waals surface area contributed by atoms with Crippen LogP contribution in [-0.4, -0.2) is 29.4 Å². The molecule has 2 atom stereocenters. The Balaban J connectivity index is 2.00. The van der Waals surface area contributed by atoms with Gasteiger partial charge in [0.15, 0.2) is 0 Å². The van der Waals surface area contributed by atoms with Gasteiger partial charge in [0, 0.05) is 21.9 Å². The summed E-state index contributed by atoms with van der Waals surface area (Å²) in [6.07, 6.45) is 2.33. The highest BCUT2D eigenvalue weighted by Crippen LogP contribution is 2.40. The van der Waals surface area contributed by atoms with Crippen molar-refractivity contribution >= 4 is 17.7 Å². The van der Waals surface area contributed by atoms with E-state index in [1.165, 1.54) is 0 Å². The van der Waals surface area contributed by atoms with Gasteiger partial charge in [0.05, 0.1) is 6.10 Å². The number of benzene rings is 1. The summed E-state index contributed by atoms with van der Waals surface area (Å²) in [5, 5.41) is 12.6. The number of thioether (sulfide) groups is 1. The van der Waals surface area contributed by atoms with Crippen molar-refractivity contribution in [2.24, 2.45) is 5.41 Å². The Morgan fingerprint density at radius 3 is 2.44 bits per heavy atom. The van der Waals surface area contributed by atoms with Crippen LogP contribution in [0, 0.1) is 5.41 Å². The molecular weight excluding hydrogens is 246 g/mol. The Morgan fingerprint density at radius 1 is 1.39 bits per heavy atom. The van der Waals surface area contributed by atoms with Gasteiger partial charge >= 0.3 is 0 Å². The molecule has 0 spiro atoms. The predicted octanol–water partition coefficient (Wildman–Crippen LogP) is 2.30. The third-order valence-electron chi connectivity index (χ3n) is 3.87. The topological polar surface area (TPSA) is 49.3 Å². The Labute approximate surface area is 112 Å². The molecule has 98 valence electrons. The number of hydrogen-bond acceptors (Lipinski definition) is 3. The second-order valence-electron chi connectivity index (χ2n) is 5.33. The normalized spacial score (nSPS) is 25.3. The highest BCUT2D eigenvalue weighted by Gasteiger charge is 2.47. The minimum Gasteiger partial charge on any atom is -0.392 e. The number of amides is 1. The van der Waals surface area contributed by atoms with E-state index < -0.39 is 0 Å². The van der Waals surface area contributed by atoms with Gasteiger partial charge < -0.3 is 10.4 Å². The van der Waals surface area contributed by atoms with Crippen LogP contribution in [-0.2, 0) is 0 Å². The Bertz CT molecular complexity index is 442. The Morgan fingerprint density at radius 2 is 2.00 bits per heavy atom. The first-order valence-corrected chi connectivity index (χ1v) is 7.30. The second-order valence-corrected chi connectivity index (χ2v) is 6.21. The number of carbonyl (C=O) groups is 1. The van der Waals surface area contributed by atoms with E-state index in [1.54, 1.807) is 11.8 Å². The largest absolute Gasteiger partial charge is 0.392 e. The molecule has 4 heteroatoms. The van der Waals surface area contributed by atoms with E-state index in [1.807, 2.05) is 44.4 Å². The van der Waals surface area contributed by atoms with Crippen LogP contribution in [0.15, 0.2) is 29.2 Å². The fourth-order valence-electron chi connectivity index (χ4n) is 2.13. The summed E-state index contributed by atoms with van der Waals surface area (Å²) in [6.45, 7) is 3.95. The molecule has 0 aromatic heterocycles. The van der Waals surface area contributed by atoms with Crippen LogP contribution in [0.25, 0.3) is 0 Å². The molecule has 1 aromatic carbocycles. The standard InChI is InChI=1S/C14H19NO2S/c1-14(2)11(8-12(14)16)15-13(17)9-4-6-10(18-3)7-5-9/h4-7,11-12,16H,8H2,1-3H3,(H,15,17). The number of rotatable bonds is 3. The summed E-state index contributed by atoms with van der Waals surface area (Å²) in [7, 11) is 0. The van der Waals surface area contributed by atoms with E-state index >= 15 is 0 Å². The molecule has 1 aliphatic rings. The van der Waals surface area contributed by atoms with Crippen molar-refractivity contribution in [2.75, 3.05) is 6.26 Å². The van der Waals surface area contributed by atoms with Crippen molar-refractivity contribution in [3.63, 3.8) is 0 Å². The van der Waals surface area contributed by atoms with Crippen LogP contribution in [0.1, 0.15) is 30.6 Å². The highest BCUT2D eigenvalue weighted by atomic mass is 32.2. The third kappa shape index (κ3) is 2.40. The fraction of sp³-hybridized carbons (Fsp3) is 0.500. The van der Waals surface area contributed by atoms with Gasteiger partial charge in [0.2, 0.25) is 0 Å². The third-order valence-corrected chi connectivity index (χ3v) is 4.62. The average molecular weight is 265 g/mol. The van der Waals surface area contributed by atoms with Crippen molar-refractivity contribution < 1.29 is 9.90 Å². The molecular formula is C14H19NO2S. The molecule has 0 aliphatic heterocycles. The second kappa shape index (κ2) is 4.94.